The highest BCUT2D eigenvalue weighted by atomic mass is 16.5. The van der Waals surface area contributed by atoms with Gasteiger partial charge in [-0.3, -0.25) is 19.2 Å². The van der Waals surface area contributed by atoms with Crippen LogP contribution in [0, 0.1) is 5.92 Å². The molecule has 0 fully saturated rings. The fraction of sp³-hybridized carbons (Fsp3) is 0.823. The molecule has 0 saturated heterocycles. The largest absolute Gasteiger partial charge is 0.466 e. The number of hydrogen-bond donors (Lipinski definition) is 1. The lowest BCUT2D eigenvalue weighted by Crippen LogP contribution is -2.39. The van der Waals surface area contributed by atoms with E-state index in [9.17, 15) is 19.2 Å². The number of carbonyl (C=O) groups excluding carboxylic acids is 4. The molecule has 0 radical (unpaired) electrons. The molecule has 0 unspecified atom stereocenters. The second-order valence-electron chi connectivity index (χ2n) is 28.0. The van der Waals surface area contributed by atoms with Crippen molar-refractivity contribution >= 4 is 51.6 Å². The lowest BCUT2D eigenvalue weighted by molar-refractivity contribution is -0.144. The minimum Gasteiger partial charge on any atom is -0.466 e. The summed E-state index contributed by atoms with van der Waals surface area (Å²) in [4.78, 5) is 68.2. The molecule has 14 nitrogen and oxygen atoms in total. The summed E-state index contributed by atoms with van der Waals surface area (Å²) in [7, 11) is 2.30. The third kappa shape index (κ3) is 44.3. The first-order chi connectivity index (χ1) is 45.5. The first kappa shape index (κ1) is 83.1. The molecule has 1 N–H and O–H groups in total. The lowest BCUT2D eigenvalue weighted by Gasteiger charge is -2.28. The van der Waals surface area contributed by atoms with E-state index in [1.807, 2.05) is 24.5 Å². The summed E-state index contributed by atoms with van der Waals surface area (Å²) in [6.07, 6.45) is 52.9. The molecule has 0 aliphatic heterocycles. The van der Waals surface area contributed by atoms with Gasteiger partial charge >= 0.3 is 17.9 Å². The fourth-order valence-electron chi connectivity index (χ4n) is 12.7. The number of aromatic nitrogens is 3. The van der Waals surface area contributed by atoms with Gasteiger partial charge in [0.2, 0.25) is 5.91 Å². The van der Waals surface area contributed by atoms with Crippen molar-refractivity contribution in [3.8, 4) is 0 Å². The van der Waals surface area contributed by atoms with Crippen LogP contribution < -0.4 is 5.32 Å². The number of rotatable bonds is 66. The van der Waals surface area contributed by atoms with E-state index in [-0.39, 0.29) is 23.8 Å². The highest BCUT2D eigenvalue weighted by molar-refractivity contribution is 6.09. The van der Waals surface area contributed by atoms with Gasteiger partial charge in [0.15, 0.2) is 5.82 Å². The van der Waals surface area contributed by atoms with Crippen molar-refractivity contribution < 1.29 is 33.4 Å². The van der Waals surface area contributed by atoms with Crippen LogP contribution in [0.5, 0.6) is 0 Å². The van der Waals surface area contributed by atoms with Crippen molar-refractivity contribution in [2.45, 2.75) is 337 Å². The van der Waals surface area contributed by atoms with E-state index >= 15 is 0 Å². The predicted molar refractivity (Wildman–Crippen MR) is 391 cm³/mol. The fourth-order valence-corrected chi connectivity index (χ4v) is 12.7. The molecule has 0 spiro atoms. The highest BCUT2D eigenvalue weighted by Crippen LogP contribution is 2.30. The summed E-state index contributed by atoms with van der Waals surface area (Å²) in [6.45, 7) is 22.2. The van der Waals surface area contributed by atoms with E-state index in [4.69, 9.17) is 24.2 Å². The van der Waals surface area contributed by atoms with E-state index < -0.39 is 0 Å². The van der Waals surface area contributed by atoms with Crippen molar-refractivity contribution in [2.75, 3.05) is 84.5 Å². The number of carbonyl (C=O) groups is 4. The Balaban J connectivity index is 1.48. The summed E-state index contributed by atoms with van der Waals surface area (Å²) in [5, 5.41) is 4.21. The predicted octanol–water partition coefficient (Wildman–Crippen LogP) is 20.3. The van der Waals surface area contributed by atoms with Gasteiger partial charge in [-0.05, 0) is 116 Å². The van der Waals surface area contributed by atoms with Crippen LogP contribution in [-0.4, -0.2) is 132 Å². The van der Waals surface area contributed by atoms with E-state index in [0.717, 1.165) is 184 Å². The Kier molecular flexibility index (Phi) is 51.9. The van der Waals surface area contributed by atoms with E-state index in [1.165, 1.54) is 167 Å². The number of fused-ring (bicyclic) bond motifs is 3. The quantitative estimate of drug-likeness (QED) is 0.0326. The van der Waals surface area contributed by atoms with Crippen molar-refractivity contribution in [3.63, 3.8) is 0 Å². The van der Waals surface area contributed by atoms with Crippen LogP contribution in [0.1, 0.15) is 330 Å². The molecular weight excluding hydrogens is 1160 g/mol. The third-order valence-electron chi connectivity index (χ3n) is 18.6. The van der Waals surface area contributed by atoms with Crippen LogP contribution in [0.2, 0.25) is 0 Å². The molecule has 2 heterocycles. The summed E-state index contributed by atoms with van der Waals surface area (Å²) in [5.41, 5.74) is 2.63. The average molecular weight is 1300 g/mol. The minimum atomic E-state index is -0.0320. The molecule has 0 atom stereocenters. The maximum absolute atomic E-state index is 13.5. The van der Waals surface area contributed by atoms with Gasteiger partial charge in [0.05, 0.1) is 37.2 Å². The topological polar surface area (TPSA) is 148 Å². The molecule has 3 rings (SSSR count). The number of benzene rings is 1. The summed E-state index contributed by atoms with van der Waals surface area (Å²) in [6, 6.07) is 8.14. The normalized spacial score (nSPS) is 11.8. The molecular formula is C79H141N7O7. The van der Waals surface area contributed by atoms with E-state index in [0.29, 0.717) is 57.2 Å². The maximum atomic E-state index is 13.5. The van der Waals surface area contributed by atoms with Gasteiger partial charge in [-0.1, -0.05) is 252 Å². The minimum absolute atomic E-state index is 0.00948. The van der Waals surface area contributed by atoms with Crippen molar-refractivity contribution in [1.29, 1.82) is 0 Å². The van der Waals surface area contributed by atoms with Gasteiger partial charge in [0.1, 0.15) is 5.52 Å². The zero-order chi connectivity index (χ0) is 66.9. The number of likely N-dealkylation sites (N-methyl/N-ethyl adjacent to an activating group) is 1. The molecule has 93 heavy (non-hydrogen) atoms. The molecule has 0 saturated carbocycles. The first-order valence-electron chi connectivity index (χ1n) is 39.2. The molecule has 3 aromatic rings. The highest BCUT2D eigenvalue weighted by Gasteiger charge is 2.18. The number of para-hydroxylation sites is 1. The summed E-state index contributed by atoms with van der Waals surface area (Å²) >= 11 is 0. The molecule has 0 aliphatic rings. The van der Waals surface area contributed by atoms with Gasteiger partial charge in [-0.15, -0.1) is 0 Å². The zero-order valence-corrected chi connectivity index (χ0v) is 61.0. The number of imidazole rings is 1. The molecule has 0 aliphatic carbocycles. The van der Waals surface area contributed by atoms with Crippen LogP contribution in [0.4, 0.5) is 5.82 Å². The number of ether oxygens (including phenoxy) is 3. The molecule has 1 aromatic carbocycles. The second kappa shape index (κ2) is 58.0. The van der Waals surface area contributed by atoms with Gasteiger partial charge in [0.25, 0.3) is 0 Å². The molecule has 2 aromatic heterocycles. The third-order valence-corrected chi connectivity index (χ3v) is 18.6. The molecule has 534 valence electrons. The Morgan fingerprint density at radius 1 is 0.430 bits per heavy atom. The van der Waals surface area contributed by atoms with Crippen molar-refractivity contribution in [2.24, 2.45) is 5.92 Å². The number of pyridine rings is 1. The lowest BCUT2D eigenvalue weighted by atomic mass is 10.1. The van der Waals surface area contributed by atoms with Gasteiger partial charge in [-0.2, -0.15) is 0 Å². The van der Waals surface area contributed by atoms with Crippen LogP contribution >= 0.6 is 0 Å². The monoisotopic (exact) mass is 1300 g/mol. The standard InChI is InChI=1S/C79H141N7O7/c1-7-10-13-16-25-34-48-65-91-74(88)54-39-28-19-22-31-44-57-84(58-45-32-23-20-29-40-55-75(89)92-66-49-35-26-17-14-11-8-2)63-61-83(6)62-64-85(59-46-33-24-21-30-41-56-76(90)93-67-50-36-27-18-15-12-9-3)60-47-37-38-53-73(87)82-79-77-78(86(69-80-77)68-70(4)5)71-51-42-43-52-72(71)81-79/h42-43,51-52,69-70H,7-41,44-50,53-68H2,1-6H3,(H,81,82,87). The van der Waals surface area contributed by atoms with Crippen LogP contribution in [0.15, 0.2) is 30.6 Å². The van der Waals surface area contributed by atoms with Gasteiger partial charge in [0, 0.05) is 63.8 Å². The number of amides is 1. The number of nitrogens with one attached hydrogen (secondary N) is 1. The Morgan fingerprint density at radius 2 is 0.774 bits per heavy atom. The van der Waals surface area contributed by atoms with Crippen molar-refractivity contribution in [1.82, 2.24) is 29.2 Å². The Labute approximate surface area is 569 Å². The molecule has 0 bridgehead atoms. The Morgan fingerprint density at radius 3 is 1.17 bits per heavy atom. The second-order valence-corrected chi connectivity index (χ2v) is 28.0. The van der Waals surface area contributed by atoms with Crippen LogP contribution in [-0.2, 0) is 39.9 Å². The Hall–Kier alpha value is -4.14. The number of anilines is 1. The van der Waals surface area contributed by atoms with Crippen LogP contribution in [0.25, 0.3) is 21.9 Å². The smallest absolute Gasteiger partial charge is 0.305 e. The maximum Gasteiger partial charge on any atom is 0.305 e. The van der Waals surface area contributed by atoms with Crippen molar-refractivity contribution in [3.05, 3.63) is 30.6 Å². The molecule has 14 heteroatoms. The van der Waals surface area contributed by atoms with E-state index in [2.05, 4.69) is 72.3 Å². The number of nitrogens with zero attached hydrogens (tertiary/aromatic N) is 6. The van der Waals surface area contributed by atoms with Crippen LogP contribution in [0.3, 0.4) is 0 Å². The average Bonchev–Trinajstić information content (AvgIpc) is 1.75. The number of unbranched alkanes of at least 4 members (excludes halogenated alkanes) is 35. The van der Waals surface area contributed by atoms with Gasteiger partial charge in [-0.25, -0.2) is 9.97 Å². The van der Waals surface area contributed by atoms with E-state index in [1.54, 1.807) is 0 Å². The Bertz CT molecular complexity index is 2240. The summed E-state index contributed by atoms with van der Waals surface area (Å²) in [5.74, 6) is 0.914. The SMILES string of the molecule is CCCCCCCCCOC(=O)CCCCCCCCN(CCCCCCCCC(=O)OCCCCCCCCC)CCN(C)CCN(CCCCCCCCC(=O)OCCCCCCCCC)CCCCCC(=O)Nc1nc2ccccc2c2c1ncn2CC(C)C. The molecule has 1 amide bonds. The number of esters is 3. The number of hydrogen-bond acceptors (Lipinski definition) is 12. The summed E-state index contributed by atoms with van der Waals surface area (Å²) < 4.78 is 18.8. The first-order valence-corrected chi connectivity index (χ1v) is 39.2. The zero-order valence-electron chi connectivity index (χ0n) is 61.0. The van der Waals surface area contributed by atoms with Gasteiger partial charge < -0.3 is 38.8 Å².